The summed E-state index contributed by atoms with van der Waals surface area (Å²) >= 11 is 0. The molecule has 3 fully saturated rings. The van der Waals surface area contributed by atoms with Gasteiger partial charge < -0.3 is 0 Å². The molecule has 3 saturated carbocycles. The molecule has 13 heavy (non-hydrogen) atoms. The van der Waals surface area contributed by atoms with Gasteiger partial charge in [0.05, 0.1) is 0 Å². The van der Waals surface area contributed by atoms with E-state index >= 15 is 0 Å². The maximum atomic E-state index is 11.8. The standard InChI is InChI=1S/C11H14O2/c12-8-6-10-3-1-4-11(10,7-8)9(13)2-5-10/h1-7H2/t10-,11-/m0/s1. The van der Waals surface area contributed by atoms with E-state index in [0.29, 0.717) is 24.4 Å². The van der Waals surface area contributed by atoms with Crippen molar-refractivity contribution in [3.05, 3.63) is 0 Å². The summed E-state index contributed by atoms with van der Waals surface area (Å²) < 4.78 is 0. The maximum absolute atomic E-state index is 11.8. The summed E-state index contributed by atoms with van der Waals surface area (Å²) in [6, 6.07) is 0. The Hall–Kier alpha value is -0.660. The van der Waals surface area contributed by atoms with Crippen LogP contribution in [0.4, 0.5) is 0 Å². The summed E-state index contributed by atoms with van der Waals surface area (Å²) in [5, 5.41) is 0. The number of hydrogen-bond donors (Lipinski definition) is 0. The molecule has 0 heterocycles. The van der Waals surface area contributed by atoms with E-state index in [2.05, 4.69) is 0 Å². The first kappa shape index (κ1) is 7.72. The van der Waals surface area contributed by atoms with E-state index in [0.717, 1.165) is 25.7 Å². The van der Waals surface area contributed by atoms with E-state index in [1.54, 1.807) is 0 Å². The predicted molar refractivity (Wildman–Crippen MR) is 47.2 cm³/mol. The van der Waals surface area contributed by atoms with Crippen LogP contribution < -0.4 is 0 Å². The second-order valence-electron chi connectivity index (χ2n) is 5.03. The van der Waals surface area contributed by atoms with Crippen LogP contribution in [-0.2, 0) is 9.59 Å². The van der Waals surface area contributed by atoms with Crippen molar-refractivity contribution in [2.75, 3.05) is 0 Å². The van der Waals surface area contributed by atoms with E-state index in [-0.39, 0.29) is 10.8 Å². The summed E-state index contributed by atoms with van der Waals surface area (Å²) in [4.78, 5) is 23.3. The molecule has 2 atom stereocenters. The molecule has 0 aliphatic heterocycles. The Kier molecular flexibility index (Phi) is 1.21. The van der Waals surface area contributed by atoms with Crippen LogP contribution in [0, 0.1) is 10.8 Å². The molecule has 0 spiro atoms. The van der Waals surface area contributed by atoms with Crippen molar-refractivity contribution in [2.45, 2.75) is 44.9 Å². The molecule has 0 radical (unpaired) electrons. The third-order valence-electron chi connectivity index (χ3n) is 4.67. The minimum absolute atomic E-state index is 0.140. The van der Waals surface area contributed by atoms with Gasteiger partial charge >= 0.3 is 0 Å². The van der Waals surface area contributed by atoms with E-state index in [4.69, 9.17) is 0 Å². The lowest BCUT2D eigenvalue weighted by molar-refractivity contribution is -0.129. The van der Waals surface area contributed by atoms with Gasteiger partial charge in [0.25, 0.3) is 0 Å². The quantitative estimate of drug-likeness (QED) is 0.567. The van der Waals surface area contributed by atoms with Crippen LogP contribution in [0.3, 0.4) is 0 Å². The SMILES string of the molecule is O=C1C[C@@]23CCC[C@]2(C1)C(=O)CC3. The molecule has 3 aliphatic rings. The molecule has 0 aromatic heterocycles. The lowest BCUT2D eigenvalue weighted by Gasteiger charge is -2.30. The molecule has 0 aromatic rings. The van der Waals surface area contributed by atoms with Gasteiger partial charge in [-0.2, -0.15) is 0 Å². The zero-order chi connectivity index (χ0) is 9.10. The van der Waals surface area contributed by atoms with Crippen molar-refractivity contribution in [2.24, 2.45) is 10.8 Å². The lowest BCUT2D eigenvalue weighted by atomic mass is 9.70. The molecule has 0 bridgehead atoms. The van der Waals surface area contributed by atoms with Crippen LogP contribution in [0.15, 0.2) is 0 Å². The van der Waals surface area contributed by atoms with E-state index < -0.39 is 0 Å². The van der Waals surface area contributed by atoms with Crippen LogP contribution in [-0.4, -0.2) is 11.6 Å². The van der Waals surface area contributed by atoms with Crippen molar-refractivity contribution in [1.29, 1.82) is 0 Å². The van der Waals surface area contributed by atoms with Gasteiger partial charge in [0, 0.05) is 24.7 Å². The van der Waals surface area contributed by atoms with Gasteiger partial charge in [-0.15, -0.1) is 0 Å². The summed E-state index contributed by atoms with van der Waals surface area (Å²) in [5.74, 6) is 0.739. The normalized spacial score (nSPS) is 48.3. The molecule has 0 aromatic carbocycles. The second kappa shape index (κ2) is 2.05. The van der Waals surface area contributed by atoms with Gasteiger partial charge in [-0.3, -0.25) is 9.59 Å². The van der Waals surface area contributed by atoms with Gasteiger partial charge in [-0.05, 0) is 24.7 Å². The summed E-state index contributed by atoms with van der Waals surface area (Å²) in [6.45, 7) is 0. The molecule has 3 aliphatic carbocycles. The van der Waals surface area contributed by atoms with Crippen LogP contribution in [0.2, 0.25) is 0 Å². The number of carbonyl (C=O) groups excluding carboxylic acids is 2. The smallest absolute Gasteiger partial charge is 0.140 e. The highest BCUT2D eigenvalue weighted by Crippen LogP contribution is 2.68. The summed E-state index contributed by atoms with van der Waals surface area (Å²) in [7, 11) is 0. The number of ketones is 2. The third-order valence-corrected chi connectivity index (χ3v) is 4.67. The van der Waals surface area contributed by atoms with Crippen molar-refractivity contribution in [1.82, 2.24) is 0 Å². The molecule has 0 saturated heterocycles. The molecule has 0 unspecified atom stereocenters. The minimum atomic E-state index is -0.163. The van der Waals surface area contributed by atoms with Gasteiger partial charge in [-0.1, -0.05) is 6.42 Å². The number of Topliss-reactive ketones (excluding diaryl/α,β-unsaturated/α-hetero) is 2. The Bertz CT molecular complexity index is 307. The van der Waals surface area contributed by atoms with E-state index in [9.17, 15) is 9.59 Å². The molecule has 2 nitrogen and oxygen atoms in total. The van der Waals surface area contributed by atoms with Gasteiger partial charge in [-0.25, -0.2) is 0 Å². The summed E-state index contributed by atoms with van der Waals surface area (Å²) in [5.41, 5.74) is -0.0226. The number of hydrogen-bond acceptors (Lipinski definition) is 2. The molecular formula is C11H14O2. The Morgan fingerprint density at radius 1 is 1.00 bits per heavy atom. The number of carbonyl (C=O) groups is 2. The monoisotopic (exact) mass is 178 g/mol. The Morgan fingerprint density at radius 2 is 1.85 bits per heavy atom. The van der Waals surface area contributed by atoms with Gasteiger partial charge in [0.1, 0.15) is 11.6 Å². The predicted octanol–water partition coefficient (Wildman–Crippen LogP) is 1.87. The fourth-order valence-corrected chi connectivity index (χ4v) is 4.12. The Balaban J connectivity index is 2.14. The highest BCUT2D eigenvalue weighted by atomic mass is 16.1. The molecule has 0 amide bonds. The largest absolute Gasteiger partial charge is 0.300 e. The highest BCUT2D eigenvalue weighted by Gasteiger charge is 2.66. The van der Waals surface area contributed by atoms with Crippen molar-refractivity contribution in [3.63, 3.8) is 0 Å². The molecule has 2 heteroatoms. The maximum Gasteiger partial charge on any atom is 0.140 e. The Labute approximate surface area is 77.7 Å². The van der Waals surface area contributed by atoms with E-state index in [1.807, 2.05) is 0 Å². The van der Waals surface area contributed by atoms with Crippen molar-refractivity contribution in [3.8, 4) is 0 Å². The molecule has 3 rings (SSSR count). The van der Waals surface area contributed by atoms with E-state index in [1.165, 1.54) is 6.42 Å². The lowest BCUT2D eigenvalue weighted by Crippen LogP contribution is -2.31. The van der Waals surface area contributed by atoms with Crippen molar-refractivity contribution >= 4 is 11.6 Å². The van der Waals surface area contributed by atoms with Crippen LogP contribution >= 0.6 is 0 Å². The first-order valence-electron chi connectivity index (χ1n) is 5.24. The first-order valence-corrected chi connectivity index (χ1v) is 5.24. The minimum Gasteiger partial charge on any atom is -0.300 e. The summed E-state index contributed by atoms with van der Waals surface area (Å²) in [6.07, 6.45) is 6.32. The average molecular weight is 178 g/mol. The zero-order valence-corrected chi connectivity index (χ0v) is 7.77. The fourth-order valence-electron chi connectivity index (χ4n) is 4.12. The zero-order valence-electron chi connectivity index (χ0n) is 7.77. The van der Waals surface area contributed by atoms with Crippen LogP contribution in [0.1, 0.15) is 44.9 Å². The van der Waals surface area contributed by atoms with Crippen LogP contribution in [0.25, 0.3) is 0 Å². The van der Waals surface area contributed by atoms with Gasteiger partial charge in [0.15, 0.2) is 0 Å². The molecule has 70 valence electrons. The molecular weight excluding hydrogens is 164 g/mol. The van der Waals surface area contributed by atoms with Crippen molar-refractivity contribution < 1.29 is 9.59 Å². The topological polar surface area (TPSA) is 34.1 Å². The average Bonchev–Trinajstić information content (AvgIpc) is 2.58. The first-order chi connectivity index (χ1) is 6.19. The third kappa shape index (κ3) is 0.673. The number of rotatable bonds is 0. The molecule has 0 N–H and O–H groups in total. The van der Waals surface area contributed by atoms with Gasteiger partial charge in [0.2, 0.25) is 0 Å². The highest BCUT2D eigenvalue weighted by molar-refractivity contribution is 5.98. The fraction of sp³-hybridized carbons (Fsp3) is 0.818. The van der Waals surface area contributed by atoms with Crippen LogP contribution in [0.5, 0.6) is 0 Å². The second-order valence-corrected chi connectivity index (χ2v) is 5.03. The Morgan fingerprint density at radius 3 is 2.62 bits per heavy atom.